The first kappa shape index (κ1) is 24.9. The molecule has 4 aromatic rings. The molecule has 9 nitrogen and oxygen atoms in total. The van der Waals surface area contributed by atoms with Crippen LogP contribution in [0.25, 0.3) is 5.65 Å². The van der Waals surface area contributed by atoms with Gasteiger partial charge in [0.15, 0.2) is 5.65 Å². The summed E-state index contributed by atoms with van der Waals surface area (Å²) in [6.07, 6.45) is 6.90. The van der Waals surface area contributed by atoms with E-state index < -0.39 is 0 Å². The van der Waals surface area contributed by atoms with Gasteiger partial charge < -0.3 is 20.1 Å². The van der Waals surface area contributed by atoms with Crippen molar-refractivity contribution in [1.82, 2.24) is 24.9 Å². The fraction of sp³-hybridized carbons (Fsp3) is 0.333. The molecule has 3 aromatic heterocycles. The lowest BCUT2D eigenvalue weighted by molar-refractivity contribution is 0.171. The molecule has 0 fully saturated rings. The summed E-state index contributed by atoms with van der Waals surface area (Å²) in [7, 11) is 0. The van der Waals surface area contributed by atoms with E-state index >= 15 is 0 Å². The van der Waals surface area contributed by atoms with Gasteiger partial charge in [-0.05, 0) is 42.2 Å². The molecule has 1 aliphatic rings. The number of anilines is 2. The van der Waals surface area contributed by atoms with E-state index in [1.807, 2.05) is 53.3 Å². The Hall–Kier alpha value is -3.79. The molecule has 10 heteroatoms. The Labute approximate surface area is 220 Å². The predicted octanol–water partition coefficient (Wildman–Crippen LogP) is 5.89. The molecule has 2 amide bonds. The van der Waals surface area contributed by atoms with E-state index in [4.69, 9.17) is 4.74 Å². The third kappa shape index (κ3) is 5.64. The Morgan fingerprint density at radius 3 is 2.70 bits per heavy atom. The monoisotopic (exact) mass is 517 g/mol. The molecule has 0 spiro atoms. The molecular weight excluding hydrogens is 486 g/mol. The molecule has 3 heterocycles. The van der Waals surface area contributed by atoms with Crippen LogP contribution in [0.3, 0.4) is 0 Å². The summed E-state index contributed by atoms with van der Waals surface area (Å²) in [5.74, 6) is 1.46. The third-order valence-corrected chi connectivity index (χ3v) is 6.75. The summed E-state index contributed by atoms with van der Waals surface area (Å²) in [6.45, 7) is 6.30. The van der Waals surface area contributed by atoms with Gasteiger partial charge in [0.2, 0.25) is 0 Å². The van der Waals surface area contributed by atoms with E-state index in [0.29, 0.717) is 11.5 Å². The van der Waals surface area contributed by atoms with Crippen LogP contribution in [-0.2, 0) is 5.41 Å². The molecule has 1 aliphatic carbocycles. The van der Waals surface area contributed by atoms with Gasteiger partial charge in [0.25, 0.3) is 0 Å². The zero-order valence-electron chi connectivity index (χ0n) is 21.4. The number of carbonyl (C=O) groups excluding carboxylic acids is 1. The Kier molecular flexibility index (Phi) is 6.92. The number of urea groups is 1. The largest absolute Gasteiger partial charge is 0.484 e. The standard InChI is InChI=1S/C27H31N7O2S/c1-27(2,3)23-13-17(14-24(31-23)33-37-4)29-26(35)30-21-10-11-22(20-8-6-5-7-19(20)21)36-18-9-12-25-32-28-16-34(25)15-18/h5-9,12-16,21-22H,10-11H2,1-4H3,(H3,29,30,31,33,35). The average molecular weight is 518 g/mol. The molecule has 2 unspecified atom stereocenters. The van der Waals surface area contributed by atoms with Gasteiger partial charge in [-0.15, -0.1) is 10.2 Å². The van der Waals surface area contributed by atoms with Crippen LogP contribution in [0.15, 0.2) is 61.1 Å². The SMILES string of the molecule is CSNc1cc(NC(=O)NC2CCC(Oc3ccc4nncn4c3)c3ccccc32)cc(C(C)(C)C)n1. The molecular formula is C27H31N7O2S. The van der Waals surface area contributed by atoms with E-state index in [1.165, 1.54) is 11.9 Å². The summed E-state index contributed by atoms with van der Waals surface area (Å²) in [5, 5.41) is 14.1. The predicted molar refractivity (Wildman–Crippen MR) is 147 cm³/mol. The van der Waals surface area contributed by atoms with Crippen LogP contribution < -0.4 is 20.1 Å². The maximum atomic E-state index is 13.1. The van der Waals surface area contributed by atoms with E-state index in [2.05, 4.69) is 63.4 Å². The highest BCUT2D eigenvalue weighted by molar-refractivity contribution is 7.99. The Bertz CT molecular complexity index is 1420. The Balaban J connectivity index is 1.31. The number of nitrogens with zero attached hydrogens (tertiary/aromatic N) is 4. The topological polar surface area (TPSA) is 105 Å². The number of fused-ring (bicyclic) bond motifs is 2. The minimum Gasteiger partial charge on any atom is -0.484 e. The van der Waals surface area contributed by atoms with Gasteiger partial charge in [0.05, 0.1) is 17.9 Å². The van der Waals surface area contributed by atoms with Gasteiger partial charge in [-0.1, -0.05) is 57.0 Å². The molecule has 0 saturated heterocycles. The Morgan fingerprint density at radius 1 is 1.11 bits per heavy atom. The van der Waals surface area contributed by atoms with Gasteiger partial charge in [0.1, 0.15) is 24.0 Å². The first-order valence-corrected chi connectivity index (χ1v) is 13.5. The number of carbonyl (C=O) groups is 1. The normalized spacial score (nSPS) is 17.2. The number of nitrogens with one attached hydrogen (secondary N) is 3. The van der Waals surface area contributed by atoms with E-state index in [-0.39, 0.29) is 23.6 Å². The second kappa shape index (κ2) is 10.3. The van der Waals surface area contributed by atoms with Crippen molar-refractivity contribution in [2.75, 3.05) is 16.3 Å². The van der Waals surface area contributed by atoms with Crippen molar-refractivity contribution in [2.24, 2.45) is 0 Å². The van der Waals surface area contributed by atoms with E-state index in [9.17, 15) is 4.79 Å². The summed E-state index contributed by atoms with van der Waals surface area (Å²) in [5.41, 5.74) is 4.35. The van der Waals surface area contributed by atoms with Crippen LogP contribution in [0.1, 0.15) is 62.6 Å². The highest BCUT2D eigenvalue weighted by atomic mass is 32.2. The number of rotatable bonds is 6. The molecule has 2 atom stereocenters. The van der Waals surface area contributed by atoms with Crippen molar-refractivity contribution >= 4 is 35.1 Å². The van der Waals surface area contributed by atoms with Gasteiger partial charge in [0, 0.05) is 23.4 Å². The van der Waals surface area contributed by atoms with Crippen molar-refractivity contribution in [3.05, 3.63) is 77.9 Å². The summed E-state index contributed by atoms with van der Waals surface area (Å²) >= 11 is 1.46. The van der Waals surface area contributed by atoms with Crippen LogP contribution in [-0.4, -0.2) is 31.9 Å². The molecule has 192 valence electrons. The van der Waals surface area contributed by atoms with Crippen LogP contribution in [0.4, 0.5) is 16.3 Å². The zero-order chi connectivity index (χ0) is 26.0. The van der Waals surface area contributed by atoms with Gasteiger partial charge in [-0.25, -0.2) is 9.78 Å². The van der Waals surface area contributed by atoms with Gasteiger partial charge in [-0.2, -0.15) is 0 Å². The lowest BCUT2D eigenvalue weighted by atomic mass is 9.85. The maximum absolute atomic E-state index is 13.1. The van der Waals surface area contributed by atoms with E-state index in [1.54, 1.807) is 6.33 Å². The van der Waals surface area contributed by atoms with Crippen LogP contribution in [0.5, 0.6) is 5.75 Å². The fourth-order valence-electron chi connectivity index (χ4n) is 4.53. The molecule has 0 saturated carbocycles. The molecule has 1 aromatic carbocycles. The van der Waals surface area contributed by atoms with Crippen LogP contribution >= 0.6 is 11.9 Å². The maximum Gasteiger partial charge on any atom is 0.319 e. The summed E-state index contributed by atoms with van der Waals surface area (Å²) in [4.78, 5) is 17.8. The van der Waals surface area contributed by atoms with Crippen LogP contribution in [0.2, 0.25) is 0 Å². The molecule has 3 N–H and O–H groups in total. The molecule has 0 aliphatic heterocycles. The number of amides is 2. The zero-order valence-corrected chi connectivity index (χ0v) is 22.2. The summed E-state index contributed by atoms with van der Waals surface area (Å²) < 4.78 is 11.4. The third-order valence-electron chi connectivity index (χ3n) is 6.34. The number of benzene rings is 1. The number of pyridine rings is 2. The lowest BCUT2D eigenvalue weighted by Crippen LogP contribution is -2.35. The molecule has 5 rings (SSSR count). The Morgan fingerprint density at radius 2 is 1.92 bits per heavy atom. The first-order valence-electron chi connectivity index (χ1n) is 12.2. The smallest absolute Gasteiger partial charge is 0.319 e. The van der Waals surface area contributed by atoms with Crippen molar-refractivity contribution in [2.45, 2.75) is 51.2 Å². The number of hydrogen-bond acceptors (Lipinski definition) is 7. The van der Waals surface area contributed by atoms with E-state index in [0.717, 1.165) is 41.1 Å². The van der Waals surface area contributed by atoms with Gasteiger partial charge in [-0.3, -0.25) is 4.40 Å². The minimum absolute atomic E-state index is 0.110. The quantitative estimate of drug-likeness (QED) is 0.274. The first-order chi connectivity index (χ1) is 17.8. The number of ether oxygens (including phenoxy) is 1. The number of hydrogen-bond donors (Lipinski definition) is 3. The average Bonchev–Trinajstić information content (AvgIpc) is 3.33. The van der Waals surface area contributed by atoms with Crippen molar-refractivity contribution < 1.29 is 9.53 Å². The van der Waals surface area contributed by atoms with Crippen molar-refractivity contribution in [1.29, 1.82) is 0 Å². The minimum atomic E-state index is -0.251. The number of aromatic nitrogens is 4. The van der Waals surface area contributed by atoms with Crippen LogP contribution in [0, 0.1) is 0 Å². The van der Waals surface area contributed by atoms with Gasteiger partial charge >= 0.3 is 6.03 Å². The highest BCUT2D eigenvalue weighted by Gasteiger charge is 2.29. The molecule has 0 bridgehead atoms. The second-order valence-corrected chi connectivity index (χ2v) is 10.7. The van der Waals surface area contributed by atoms with Crippen molar-refractivity contribution in [3.8, 4) is 5.75 Å². The lowest BCUT2D eigenvalue weighted by Gasteiger charge is -2.32. The molecule has 0 radical (unpaired) electrons. The molecule has 37 heavy (non-hydrogen) atoms. The summed E-state index contributed by atoms with van der Waals surface area (Å²) in [6, 6.07) is 15.3. The fourth-order valence-corrected chi connectivity index (χ4v) is 4.85. The second-order valence-electron chi connectivity index (χ2n) is 10.1. The highest BCUT2D eigenvalue weighted by Crippen LogP contribution is 2.39. The van der Waals surface area contributed by atoms with Crippen molar-refractivity contribution in [3.63, 3.8) is 0 Å².